The van der Waals surface area contributed by atoms with Gasteiger partial charge in [-0.05, 0) is 24.6 Å². The first kappa shape index (κ1) is 21.3. The van der Waals surface area contributed by atoms with E-state index in [9.17, 15) is 14.7 Å². The first-order valence-corrected chi connectivity index (χ1v) is 10.9. The van der Waals surface area contributed by atoms with Crippen molar-refractivity contribution in [1.82, 2.24) is 14.3 Å². The van der Waals surface area contributed by atoms with E-state index in [-0.39, 0.29) is 29.4 Å². The predicted molar refractivity (Wildman–Crippen MR) is 130 cm³/mol. The Kier molecular flexibility index (Phi) is 5.47. The lowest BCUT2D eigenvalue weighted by molar-refractivity contribution is 0.0990. The summed E-state index contributed by atoms with van der Waals surface area (Å²) in [4.78, 5) is 26.2. The Hall–Kier alpha value is -4.59. The molecule has 5 rings (SSSR count). The van der Waals surface area contributed by atoms with Crippen LogP contribution in [0.2, 0.25) is 0 Å². The summed E-state index contributed by atoms with van der Waals surface area (Å²) >= 11 is 0. The van der Waals surface area contributed by atoms with Gasteiger partial charge in [0.2, 0.25) is 5.88 Å². The molecule has 0 fully saturated rings. The van der Waals surface area contributed by atoms with E-state index >= 15 is 0 Å². The van der Waals surface area contributed by atoms with Gasteiger partial charge in [-0.25, -0.2) is 4.68 Å². The van der Waals surface area contributed by atoms with Gasteiger partial charge in [0.25, 0.3) is 5.56 Å². The number of carbonyl (C=O) groups is 1. The molecule has 168 valence electrons. The number of azo groups is 1. The monoisotopic (exact) mass is 451 g/mol. The van der Waals surface area contributed by atoms with Gasteiger partial charge in [-0.1, -0.05) is 66.7 Å². The summed E-state index contributed by atoms with van der Waals surface area (Å²) in [6.45, 7) is 2.66. The lowest BCUT2D eigenvalue weighted by Crippen LogP contribution is -2.26. The van der Waals surface area contributed by atoms with Crippen molar-refractivity contribution in [3.05, 3.63) is 100 Å². The van der Waals surface area contributed by atoms with Crippen LogP contribution in [0.5, 0.6) is 5.88 Å². The number of aromatic nitrogens is 3. The molecule has 0 atom stereocenters. The Bertz CT molecular complexity index is 1620. The van der Waals surface area contributed by atoms with Crippen LogP contribution < -0.4 is 5.56 Å². The molecule has 2 heterocycles. The highest BCUT2D eigenvalue weighted by Gasteiger charge is 2.19. The number of hydrogen-bond donors (Lipinski definition) is 1. The Labute approximate surface area is 194 Å². The molecular weight excluding hydrogens is 430 g/mol. The second-order valence-corrected chi connectivity index (χ2v) is 7.78. The van der Waals surface area contributed by atoms with Crippen LogP contribution in [0.4, 0.5) is 5.69 Å². The second-order valence-electron chi connectivity index (χ2n) is 7.78. The standard InChI is InChI=1S/C26H21N5O3/c1-2-30-21-15-9-8-14-20(21)23(26(30)34)27-28-24(32)22-18-12-6-7-13-19(18)25(33)31(29-22)16-17-10-4-3-5-11-17/h3-15,34H,2,16H2,1H3. The highest BCUT2D eigenvalue weighted by Crippen LogP contribution is 2.38. The SMILES string of the molecule is CCn1c(O)c(N=NC(=O)c2nn(Cc3ccccc3)c(=O)c3ccccc23)c2ccccc21. The van der Waals surface area contributed by atoms with Crippen molar-refractivity contribution in [2.45, 2.75) is 20.0 Å². The van der Waals surface area contributed by atoms with Gasteiger partial charge in [0.05, 0.1) is 17.4 Å². The third kappa shape index (κ3) is 3.65. The zero-order valence-corrected chi connectivity index (χ0v) is 18.4. The average Bonchev–Trinajstić information content (AvgIpc) is 3.15. The van der Waals surface area contributed by atoms with Gasteiger partial charge < -0.3 is 9.67 Å². The van der Waals surface area contributed by atoms with Gasteiger partial charge >= 0.3 is 5.91 Å². The van der Waals surface area contributed by atoms with Crippen LogP contribution >= 0.6 is 0 Å². The molecule has 0 aliphatic heterocycles. The maximum absolute atomic E-state index is 13.1. The van der Waals surface area contributed by atoms with Crippen molar-refractivity contribution in [2.75, 3.05) is 0 Å². The topological polar surface area (TPSA) is 102 Å². The molecule has 0 unspecified atom stereocenters. The summed E-state index contributed by atoms with van der Waals surface area (Å²) in [6.07, 6.45) is 0. The van der Waals surface area contributed by atoms with E-state index in [1.54, 1.807) is 28.8 Å². The first-order valence-electron chi connectivity index (χ1n) is 10.9. The van der Waals surface area contributed by atoms with Crippen LogP contribution in [-0.2, 0) is 13.1 Å². The molecule has 0 saturated heterocycles. The van der Waals surface area contributed by atoms with Crippen LogP contribution in [-0.4, -0.2) is 25.4 Å². The highest BCUT2D eigenvalue weighted by atomic mass is 16.3. The van der Waals surface area contributed by atoms with Crippen molar-refractivity contribution >= 4 is 33.3 Å². The number of hydrogen-bond acceptors (Lipinski definition) is 5. The summed E-state index contributed by atoms with van der Waals surface area (Å²) in [5.41, 5.74) is 1.62. The molecule has 0 spiro atoms. The third-order valence-corrected chi connectivity index (χ3v) is 5.72. The minimum Gasteiger partial charge on any atom is -0.493 e. The Morgan fingerprint density at radius 3 is 2.29 bits per heavy atom. The molecule has 34 heavy (non-hydrogen) atoms. The number of para-hydroxylation sites is 1. The van der Waals surface area contributed by atoms with Crippen LogP contribution in [0.3, 0.4) is 0 Å². The molecule has 0 saturated carbocycles. The molecular formula is C26H21N5O3. The van der Waals surface area contributed by atoms with Crippen molar-refractivity contribution in [3.63, 3.8) is 0 Å². The molecule has 0 radical (unpaired) electrons. The van der Waals surface area contributed by atoms with Gasteiger partial charge in [0.1, 0.15) is 0 Å². The van der Waals surface area contributed by atoms with E-state index in [1.807, 2.05) is 61.5 Å². The number of fused-ring (bicyclic) bond motifs is 2. The molecule has 0 aliphatic carbocycles. The quantitative estimate of drug-likeness (QED) is 0.378. The van der Waals surface area contributed by atoms with E-state index in [4.69, 9.17) is 0 Å². The molecule has 8 nitrogen and oxygen atoms in total. The molecule has 0 aliphatic rings. The number of nitrogens with zero attached hydrogens (tertiary/aromatic N) is 5. The predicted octanol–water partition coefficient (Wildman–Crippen LogP) is 5.05. The normalized spacial score (nSPS) is 11.6. The second kappa shape index (κ2) is 8.74. The van der Waals surface area contributed by atoms with E-state index in [2.05, 4.69) is 15.3 Å². The van der Waals surface area contributed by atoms with Gasteiger partial charge in [-0.15, -0.1) is 10.2 Å². The fourth-order valence-electron chi connectivity index (χ4n) is 4.09. The average molecular weight is 451 g/mol. The maximum Gasteiger partial charge on any atom is 0.316 e. The van der Waals surface area contributed by atoms with Gasteiger partial charge in [-0.2, -0.15) is 5.10 Å². The molecule has 8 heteroatoms. The molecule has 1 N–H and O–H groups in total. The highest BCUT2D eigenvalue weighted by molar-refractivity contribution is 6.05. The third-order valence-electron chi connectivity index (χ3n) is 5.72. The summed E-state index contributed by atoms with van der Waals surface area (Å²) in [5, 5.41) is 24.4. The number of aromatic hydroxyl groups is 1. The first-order chi connectivity index (χ1) is 16.6. The van der Waals surface area contributed by atoms with Crippen LogP contribution in [0.1, 0.15) is 23.0 Å². The van der Waals surface area contributed by atoms with E-state index < -0.39 is 5.91 Å². The van der Waals surface area contributed by atoms with E-state index in [1.165, 1.54) is 4.68 Å². The van der Waals surface area contributed by atoms with Crippen molar-refractivity contribution in [3.8, 4) is 5.88 Å². The van der Waals surface area contributed by atoms with Crippen LogP contribution in [0, 0.1) is 0 Å². The summed E-state index contributed by atoms with van der Waals surface area (Å²) in [7, 11) is 0. The van der Waals surface area contributed by atoms with Crippen LogP contribution in [0.25, 0.3) is 21.7 Å². The zero-order chi connectivity index (χ0) is 23.7. The minimum absolute atomic E-state index is 0.0219. The Morgan fingerprint density at radius 2 is 1.56 bits per heavy atom. The molecule has 5 aromatic rings. The summed E-state index contributed by atoms with van der Waals surface area (Å²) in [5.74, 6) is -0.766. The van der Waals surface area contributed by atoms with Crippen LogP contribution in [0.15, 0.2) is 93.9 Å². The number of carbonyl (C=O) groups excluding carboxylic acids is 1. The molecule has 2 aromatic heterocycles. The van der Waals surface area contributed by atoms with Crippen molar-refractivity contribution < 1.29 is 9.90 Å². The van der Waals surface area contributed by atoms with E-state index in [0.29, 0.717) is 22.7 Å². The summed E-state index contributed by atoms with van der Waals surface area (Å²) < 4.78 is 2.96. The van der Waals surface area contributed by atoms with Gasteiger partial charge in [0, 0.05) is 17.3 Å². The fraction of sp³-hybridized carbons (Fsp3) is 0.115. The minimum atomic E-state index is -0.703. The summed E-state index contributed by atoms with van der Waals surface area (Å²) in [6, 6.07) is 23.6. The maximum atomic E-state index is 13.1. The Balaban J connectivity index is 1.60. The van der Waals surface area contributed by atoms with Gasteiger partial charge in [0.15, 0.2) is 11.4 Å². The number of aryl methyl sites for hydroxylation is 1. The molecule has 3 aromatic carbocycles. The lowest BCUT2D eigenvalue weighted by Gasteiger charge is -2.09. The Morgan fingerprint density at radius 1 is 0.912 bits per heavy atom. The molecule has 1 amide bonds. The smallest absolute Gasteiger partial charge is 0.316 e. The van der Waals surface area contributed by atoms with Crippen molar-refractivity contribution in [1.29, 1.82) is 0 Å². The van der Waals surface area contributed by atoms with E-state index in [0.717, 1.165) is 11.1 Å². The van der Waals surface area contributed by atoms with Crippen molar-refractivity contribution in [2.24, 2.45) is 10.2 Å². The number of benzene rings is 3. The molecule has 0 bridgehead atoms. The zero-order valence-electron chi connectivity index (χ0n) is 18.4. The largest absolute Gasteiger partial charge is 0.493 e. The number of amides is 1. The lowest BCUT2D eigenvalue weighted by atomic mass is 10.1. The number of rotatable bonds is 5. The fourth-order valence-corrected chi connectivity index (χ4v) is 4.09. The van der Waals surface area contributed by atoms with Gasteiger partial charge in [-0.3, -0.25) is 9.59 Å².